The van der Waals surface area contributed by atoms with E-state index in [-0.39, 0.29) is 18.4 Å². The van der Waals surface area contributed by atoms with Crippen molar-refractivity contribution in [3.8, 4) is 0 Å². The number of carbonyl (C=O) groups excluding carboxylic acids is 1. The van der Waals surface area contributed by atoms with Crippen molar-refractivity contribution in [2.75, 3.05) is 6.61 Å². The number of carbonyl (C=O) groups is 1. The molecule has 0 spiro atoms. The van der Waals surface area contributed by atoms with Gasteiger partial charge in [-0.1, -0.05) is 51.0 Å². The van der Waals surface area contributed by atoms with Crippen molar-refractivity contribution in [2.45, 2.75) is 96.2 Å². The lowest BCUT2D eigenvalue weighted by Crippen LogP contribution is -2.26. The fraction of sp³-hybridized carbons (Fsp3) is 0.783. The van der Waals surface area contributed by atoms with E-state index < -0.39 is 11.7 Å². The van der Waals surface area contributed by atoms with Gasteiger partial charge >= 0.3 is 0 Å². The van der Waals surface area contributed by atoms with E-state index in [2.05, 4.69) is 31.2 Å². The Morgan fingerprint density at radius 2 is 2.00 bits per heavy atom. The average molecular weight is 381 g/mol. The summed E-state index contributed by atoms with van der Waals surface area (Å²) in [4.78, 5) is 12.2. The summed E-state index contributed by atoms with van der Waals surface area (Å²) in [6, 6.07) is 0. The maximum absolute atomic E-state index is 12.2. The van der Waals surface area contributed by atoms with Gasteiger partial charge in [-0.2, -0.15) is 0 Å². The van der Waals surface area contributed by atoms with Crippen molar-refractivity contribution >= 4 is 5.78 Å². The number of allylic oxidation sites excluding steroid dienone is 3. The zero-order valence-corrected chi connectivity index (χ0v) is 17.3. The second-order valence-corrected chi connectivity index (χ2v) is 8.06. The molecular formula is C23H40O4. The first-order valence-electron chi connectivity index (χ1n) is 10.8. The van der Waals surface area contributed by atoms with Crippen molar-refractivity contribution in [1.82, 2.24) is 0 Å². The molecular weight excluding hydrogens is 340 g/mol. The van der Waals surface area contributed by atoms with Gasteiger partial charge in [0.05, 0.1) is 18.3 Å². The molecule has 0 heterocycles. The average Bonchev–Trinajstić information content (AvgIpc) is 3.02. The Bertz CT molecular complexity index is 471. The summed E-state index contributed by atoms with van der Waals surface area (Å²) >= 11 is 0. The molecule has 1 fully saturated rings. The third kappa shape index (κ3) is 9.18. The van der Waals surface area contributed by atoms with Gasteiger partial charge in [0.25, 0.3) is 0 Å². The summed E-state index contributed by atoms with van der Waals surface area (Å²) in [6.07, 6.45) is 16.9. The molecule has 4 atom stereocenters. The Labute approximate surface area is 165 Å². The van der Waals surface area contributed by atoms with Crippen LogP contribution in [0.4, 0.5) is 0 Å². The van der Waals surface area contributed by atoms with Gasteiger partial charge in [-0.3, -0.25) is 4.79 Å². The molecule has 0 aromatic rings. The van der Waals surface area contributed by atoms with Crippen LogP contribution in [0.1, 0.15) is 84.5 Å². The molecule has 1 saturated carbocycles. The van der Waals surface area contributed by atoms with Crippen LogP contribution in [0, 0.1) is 11.8 Å². The molecule has 0 aromatic heterocycles. The lowest BCUT2D eigenvalue weighted by Gasteiger charge is -2.25. The second-order valence-electron chi connectivity index (χ2n) is 8.06. The van der Waals surface area contributed by atoms with E-state index in [0.29, 0.717) is 25.0 Å². The normalized spacial score (nSPS) is 24.1. The molecule has 4 heteroatoms. The van der Waals surface area contributed by atoms with Crippen LogP contribution in [-0.4, -0.2) is 39.4 Å². The Hall–Kier alpha value is -0.970. The van der Waals surface area contributed by atoms with Crippen LogP contribution in [0.3, 0.4) is 0 Å². The molecule has 0 saturated heterocycles. The third-order valence-electron chi connectivity index (χ3n) is 5.86. The van der Waals surface area contributed by atoms with Crippen LogP contribution < -0.4 is 0 Å². The number of Topliss-reactive ketones (excluding diaryl/α,β-unsaturated/α-hetero) is 1. The fourth-order valence-electron chi connectivity index (χ4n) is 3.79. The largest absolute Gasteiger partial charge is 0.394 e. The molecule has 27 heavy (non-hydrogen) atoms. The van der Waals surface area contributed by atoms with Gasteiger partial charge < -0.3 is 15.3 Å². The van der Waals surface area contributed by atoms with E-state index in [1.54, 1.807) is 0 Å². The summed E-state index contributed by atoms with van der Waals surface area (Å²) in [5, 5.41) is 28.8. The quantitative estimate of drug-likeness (QED) is 0.310. The SMILES string of the molecule is CCCCC(O)(CC)CC=C[C@H]1CCC(=O)[C@@H]1CC=CCCCC(O)CO. The highest BCUT2D eigenvalue weighted by Crippen LogP contribution is 2.33. The number of aliphatic hydroxyl groups excluding tert-OH is 2. The van der Waals surface area contributed by atoms with Crippen molar-refractivity contribution in [2.24, 2.45) is 11.8 Å². The molecule has 0 bridgehead atoms. The van der Waals surface area contributed by atoms with Gasteiger partial charge in [-0.15, -0.1) is 0 Å². The predicted octanol–water partition coefficient (Wildman–Crippen LogP) is 4.33. The Morgan fingerprint density at radius 1 is 1.22 bits per heavy atom. The molecule has 1 aliphatic rings. The third-order valence-corrected chi connectivity index (χ3v) is 5.86. The van der Waals surface area contributed by atoms with Crippen molar-refractivity contribution in [3.05, 3.63) is 24.3 Å². The summed E-state index contributed by atoms with van der Waals surface area (Å²) in [5.74, 6) is 0.693. The number of aliphatic hydroxyl groups is 3. The van der Waals surface area contributed by atoms with Gasteiger partial charge in [0.2, 0.25) is 0 Å². The first kappa shape index (κ1) is 24.1. The predicted molar refractivity (Wildman–Crippen MR) is 110 cm³/mol. The van der Waals surface area contributed by atoms with Crippen LogP contribution in [-0.2, 0) is 4.79 Å². The van der Waals surface area contributed by atoms with Gasteiger partial charge in [-0.05, 0) is 57.3 Å². The van der Waals surface area contributed by atoms with E-state index in [1.807, 2.05) is 6.92 Å². The first-order valence-corrected chi connectivity index (χ1v) is 10.8. The number of hydrogen-bond donors (Lipinski definition) is 3. The van der Waals surface area contributed by atoms with Crippen molar-refractivity contribution in [1.29, 1.82) is 0 Å². The highest BCUT2D eigenvalue weighted by molar-refractivity contribution is 5.83. The van der Waals surface area contributed by atoms with Gasteiger partial charge in [0.15, 0.2) is 0 Å². The molecule has 4 nitrogen and oxygen atoms in total. The van der Waals surface area contributed by atoms with E-state index in [0.717, 1.165) is 51.4 Å². The first-order chi connectivity index (χ1) is 13.0. The molecule has 156 valence electrons. The summed E-state index contributed by atoms with van der Waals surface area (Å²) in [6.45, 7) is 4.00. The molecule has 1 rings (SSSR count). The van der Waals surface area contributed by atoms with Crippen LogP contribution in [0.25, 0.3) is 0 Å². The van der Waals surface area contributed by atoms with Crippen molar-refractivity contribution < 1.29 is 20.1 Å². The highest BCUT2D eigenvalue weighted by atomic mass is 16.3. The van der Waals surface area contributed by atoms with Gasteiger partial charge in [-0.25, -0.2) is 0 Å². The fourth-order valence-corrected chi connectivity index (χ4v) is 3.79. The molecule has 3 N–H and O–H groups in total. The maximum atomic E-state index is 12.2. The molecule has 1 aliphatic carbocycles. The minimum absolute atomic E-state index is 0.0610. The monoisotopic (exact) mass is 380 g/mol. The molecule has 0 amide bonds. The molecule has 0 radical (unpaired) electrons. The maximum Gasteiger partial charge on any atom is 0.136 e. The van der Waals surface area contributed by atoms with Crippen LogP contribution in [0.5, 0.6) is 0 Å². The Morgan fingerprint density at radius 3 is 2.67 bits per heavy atom. The van der Waals surface area contributed by atoms with Crippen LogP contribution >= 0.6 is 0 Å². The van der Waals surface area contributed by atoms with E-state index in [9.17, 15) is 15.0 Å². The van der Waals surface area contributed by atoms with Crippen LogP contribution in [0.2, 0.25) is 0 Å². The highest BCUT2D eigenvalue weighted by Gasteiger charge is 2.32. The summed E-state index contributed by atoms with van der Waals surface area (Å²) in [7, 11) is 0. The zero-order chi connectivity index (χ0) is 20.1. The molecule has 0 aliphatic heterocycles. The van der Waals surface area contributed by atoms with E-state index >= 15 is 0 Å². The molecule has 0 aromatic carbocycles. The number of hydrogen-bond acceptors (Lipinski definition) is 4. The van der Waals surface area contributed by atoms with Gasteiger partial charge in [0.1, 0.15) is 5.78 Å². The lowest BCUT2D eigenvalue weighted by atomic mass is 9.88. The van der Waals surface area contributed by atoms with Gasteiger partial charge in [0, 0.05) is 12.3 Å². The van der Waals surface area contributed by atoms with E-state index in [1.165, 1.54) is 0 Å². The summed E-state index contributed by atoms with van der Waals surface area (Å²) in [5.41, 5.74) is -0.607. The summed E-state index contributed by atoms with van der Waals surface area (Å²) < 4.78 is 0. The minimum atomic E-state index is -0.622. The Balaban J connectivity index is 2.44. The number of ketones is 1. The Kier molecular flexibility index (Phi) is 11.8. The topological polar surface area (TPSA) is 77.8 Å². The lowest BCUT2D eigenvalue weighted by molar-refractivity contribution is -0.120. The number of rotatable bonds is 14. The molecule has 2 unspecified atom stereocenters. The smallest absolute Gasteiger partial charge is 0.136 e. The van der Waals surface area contributed by atoms with Crippen LogP contribution in [0.15, 0.2) is 24.3 Å². The minimum Gasteiger partial charge on any atom is -0.394 e. The van der Waals surface area contributed by atoms with Crippen molar-refractivity contribution in [3.63, 3.8) is 0 Å². The van der Waals surface area contributed by atoms with E-state index in [4.69, 9.17) is 5.11 Å². The zero-order valence-electron chi connectivity index (χ0n) is 17.3. The number of unbranched alkanes of at least 4 members (excludes halogenated alkanes) is 2. The second kappa shape index (κ2) is 13.2. The standard InChI is InChI=1S/C23H40O4/c1-3-5-16-23(27,4-2)17-10-11-19-14-15-22(26)21(19)13-9-7-6-8-12-20(25)18-24/h7,9-11,19-21,24-25,27H,3-6,8,12-18H2,1-2H3/t19-,20?,21+,23?/m0/s1.